The van der Waals surface area contributed by atoms with Gasteiger partial charge in [0.15, 0.2) is 0 Å². The molecule has 5 nitrogen and oxygen atoms in total. The van der Waals surface area contributed by atoms with Crippen molar-refractivity contribution in [1.29, 1.82) is 0 Å². The van der Waals surface area contributed by atoms with Crippen molar-refractivity contribution < 1.29 is 24.9 Å². The summed E-state index contributed by atoms with van der Waals surface area (Å²) >= 11 is 0. The van der Waals surface area contributed by atoms with E-state index in [0.717, 1.165) is 6.42 Å². The van der Waals surface area contributed by atoms with Gasteiger partial charge in [0.05, 0.1) is 11.1 Å². The lowest BCUT2D eigenvalue weighted by Gasteiger charge is -2.01. The highest BCUT2D eigenvalue weighted by Gasteiger charge is 2.13. The van der Waals surface area contributed by atoms with E-state index in [-0.39, 0.29) is 11.1 Å². The lowest BCUT2D eigenvalue weighted by atomic mass is 10.1. The molecule has 0 amide bonds. The van der Waals surface area contributed by atoms with Crippen molar-refractivity contribution >= 4 is 11.9 Å². The van der Waals surface area contributed by atoms with Gasteiger partial charge < -0.3 is 15.3 Å². The van der Waals surface area contributed by atoms with Crippen molar-refractivity contribution in [2.75, 3.05) is 6.61 Å². The van der Waals surface area contributed by atoms with Crippen LogP contribution in [0.25, 0.3) is 0 Å². The summed E-state index contributed by atoms with van der Waals surface area (Å²) in [7, 11) is 0. The van der Waals surface area contributed by atoms with Gasteiger partial charge in [-0.3, -0.25) is 0 Å². The van der Waals surface area contributed by atoms with Crippen LogP contribution >= 0.6 is 0 Å². The number of aliphatic hydroxyl groups excluding tert-OH is 1. The van der Waals surface area contributed by atoms with Gasteiger partial charge >= 0.3 is 11.9 Å². The topological polar surface area (TPSA) is 94.8 Å². The average Bonchev–Trinajstić information content (AvgIpc) is 2.64. The van der Waals surface area contributed by atoms with Crippen LogP contribution in [0.2, 0.25) is 0 Å². The summed E-state index contributed by atoms with van der Waals surface area (Å²) in [6.45, 7) is 2.64. The van der Waals surface area contributed by atoms with Crippen LogP contribution in [0.3, 0.4) is 0 Å². The van der Waals surface area contributed by atoms with E-state index in [9.17, 15) is 9.59 Å². The van der Waals surface area contributed by atoms with E-state index in [4.69, 9.17) is 15.3 Å². The van der Waals surface area contributed by atoms with Crippen molar-refractivity contribution in [3.63, 3.8) is 0 Å². The quantitative estimate of drug-likeness (QED) is 0.408. The maximum atomic E-state index is 10.5. The Balaban J connectivity index is 0.000000485. The molecule has 148 valence electrons. The minimum Gasteiger partial charge on any atom is -0.478 e. The first-order chi connectivity index (χ1) is 12.5. The van der Waals surface area contributed by atoms with Gasteiger partial charge in [0, 0.05) is 6.61 Å². The minimum absolute atomic E-state index is 0.190. The number of aromatic carboxylic acids is 2. The van der Waals surface area contributed by atoms with E-state index < -0.39 is 11.9 Å². The Bertz CT molecular complexity index is 454. The van der Waals surface area contributed by atoms with E-state index in [1.165, 1.54) is 88.5 Å². The maximum Gasteiger partial charge on any atom is 0.336 e. The maximum absolute atomic E-state index is 10.5. The van der Waals surface area contributed by atoms with E-state index in [2.05, 4.69) is 6.92 Å². The molecule has 3 N–H and O–H groups in total. The molecular formula is C21H34O5. The first kappa shape index (κ1) is 24.1. The van der Waals surface area contributed by atoms with Gasteiger partial charge in [-0.15, -0.1) is 0 Å². The highest BCUT2D eigenvalue weighted by molar-refractivity contribution is 6.01. The van der Waals surface area contributed by atoms with E-state index in [0.29, 0.717) is 6.61 Å². The second-order valence-electron chi connectivity index (χ2n) is 6.42. The molecule has 26 heavy (non-hydrogen) atoms. The molecule has 0 saturated heterocycles. The zero-order valence-electron chi connectivity index (χ0n) is 16.0. The second-order valence-corrected chi connectivity index (χ2v) is 6.42. The van der Waals surface area contributed by atoms with Crippen LogP contribution in [0.5, 0.6) is 0 Å². The molecule has 0 unspecified atom stereocenters. The molecule has 1 rings (SSSR count). The van der Waals surface area contributed by atoms with Crippen LogP contribution in [0.4, 0.5) is 0 Å². The normalized spacial score (nSPS) is 10.1. The van der Waals surface area contributed by atoms with Gasteiger partial charge in [-0.25, -0.2) is 9.59 Å². The summed E-state index contributed by atoms with van der Waals surface area (Å²) in [5, 5.41) is 25.7. The third kappa shape index (κ3) is 12.5. The molecule has 0 aliphatic heterocycles. The highest BCUT2D eigenvalue weighted by atomic mass is 16.4. The van der Waals surface area contributed by atoms with Crippen LogP contribution in [-0.4, -0.2) is 33.9 Å². The Morgan fingerprint density at radius 2 is 1.04 bits per heavy atom. The van der Waals surface area contributed by atoms with Crippen LogP contribution in [0.15, 0.2) is 24.3 Å². The third-order valence-electron chi connectivity index (χ3n) is 4.15. The largest absolute Gasteiger partial charge is 0.478 e. The molecule has 0 atom stereocenters. The fourth-order valence-corrected chi connectivity index (χ4v) is 2.63. The Labute approximate surface area is 157 Å². The van der Waals surface area contributed by atoms with Gasteiger partial charge in [-0.2, -0.15) is 0 Å². The zero-order chi connectivity index (χ0) is 19.6. The van der Waals surface area contributed by atoms with E-state index >= 15 is 0 Å². The van der Waals surface area contributed by atoms with Gasteiger partial charge in [-0.05, 0) is 18.6 Å². The summed E-state index contributed by atoms with van der Waals surface area (Å²) in [6, 6.07) is 5.48. The van der Waals surface area contributed by atoms with Crippen molar-refractivity contribution in [1.82, 2.24) is 0 Å². The summed E-state index contributed by atoms with van der Waals surface area (Å²) in [4.78, 5) is 20.9. The predicted molar refractivity (Wildman–Crippen MR) is 104 cm³/mol. The SMILES string of the molecule is CCCCCCCCCCCCCO.O=C(O)c1ccccc1C(=O)O. The van der Waals surface area contributed by atoms with E-state index in [1.807, 2.05) is 0 Å². The fraction of sp³-hybridized carbons (Fsp3) is 0.619. The molecule has 0 aliphatic carbocycles. The first-order valence-corrected chi connectivity index (χ1v) is 9.71. The van der Waals surface area contributed by atoms with Gasteiger partial charge in [0.25, 0.3) is 0 Å². The Hall–Kier alpha value is -1.88. The summed E-state index contributed by atoms with van der Waals surface area (Å²) in [5.41, 5.74) is -0.380. The molecular weight excluding hydrogens is 332 g/mol. The minimum atomic E-state index is -1.23. The lowest BCUT2D eigenvalue weighted by Crippen LogP contribution is -2.06. The molecule has 0 spiro atoms. The van der Waals surface area contributed by atoms with E-state index in [1.54, 1.807) is 0 Å². The first-order valence-electron chi connectivity index (χ1n) is 9.71. The molecule has 0 radical (unpaired) electrons. The molecule has 0 aromatic heterocycles. The summed E-state index contributed by atoms with van der Waals surface area (Å²) in [5.74, 6) is -2.46. The number of aliphatic hydroxyl groups is 1. The number of carbonyl (C=O) groups is 2. The third-order valence-corrected chi connectivity index (χ3v) is 4.15. The van der Waals surface area contributed by atoms with Crippen LogP contribution in [0.1, 0.15) is 98.3 Å². The zero-order valence-corrected chi connectivity index (χ0v) is 16.0. The van der Waals surface area contributed by atoms with Crippen molar-refractivity contribution in [2.24, 2.45) is 0 Å². The molecule has 0 fully saturated rings. The lowest BCUT2D eigenvalue weighted by molar-refractivity contribution is 0.0651. The summed E-state index contributed by atoms with van der Waals surface area (Å²) < 4.78 is 0. The number of carboxylic acids is 2. The van der Waals surface area contributed by atoms with Gasteiger partial charge in [-0.1, -0.05) is 83.3 Å². The number of carboxylic acid groups (broad SMARTS) is 2. The molecule has 1 aromatic rings. The molecule has 0 heterocycles. The second kappa shape index (κ2) is 16.6. The van der Waals surface area contributed by atoms with Crippen LogP contribution < -0.4 is 0 Å². The number of benzene rings is 1. The smallest absolute Gasteiger partial charge is 0.336 e. The van der Waals surface area contributed by atoms with Gasteiger partial charge in [0.2, 0.25) is 0 Å². The molecule has 0 aliphatic rings. The molecule has 1 aromatic carbocycles. The highest BCUT2D eigenvalue weighted by Crippen LogP contribution is 2.11. The Morgan fingerprint density at radius 3 is 1.35 bits per heavy atom. The molecule has 5 heteroatoms. The number of rotatable bonds is 13. The average molecular weight is 366 g/mol. The Morgan fingerprint density at radius 1 is 0.692 bits per heavy atom. The van der Waals surface area contributed by atoms with Crippen molar-refractivity contribution in [2.45, 2.75) is 77.6 Å². The monoisotopic (exact) mass is 366 g/mol. The fourth-order valence-electron chi connectivity index (χ4n) is 2.63. The number of hydrogen-bond acceptors (Lipinski definition) is 3. The number of hydrogen-bond donors (Lipinski definition) is 3. The van der Waals surface area contributed by atoms with Gasteiger partial charge in [0.1, 0.15) is 0 Å². The standard InChI is InChI=1S/C13H28O.C8H6O4/c1-2-3-4-5-6-7-8-9-10-11-12-13-14;9-7(10)5-3-1-2-4-6(5)8(11)12/h14H,2-13H2,1H3;1-4H,(H,9,10)(H,11,12). The van der Waals surface area contributed by atoms with Crippen LogP contribution in [0, 0.1) is 0 Å². The summed E-state index contributed by atoms with van der Waals surface area (Å²) in [6.07, 6.45) is 14.8. The number of unbranched alkanes of at least 4 members (excludes halogenated alkanes) is 10. The van der Waals surface area contributed by atoms with Crippen LogP contribution in [-0.2, 0) is 0 Å². The Kier molecular flexibility index (Phi) is 15.4. The van der Waals surface area contributed by atoms with Crippen molar-refractivity contribution in [3.8, 4) is 0 Å². The van der Waals surface area contributed by atoms with Crippen molar-refractivity contribution in [3.05, 3.63) is 35.4 Å². The molecule has 0 saturated carbocycles. The molecule has 0 bridgehead atoms. The predicted octanol–water partition coefficient (Wildman–Crippen LogP) is 5.37.